The average Bonchev–Trinajstić information content (AvgIpc) is 2.48. The van der Waals surface area contributed by atoms with E-state index >= 15 is 0 Å². The van der Waals surface area contributed by atoms with E-state index in [0.717, 1.165) is 32.2 Å². The van der Waals surface area contributed by atoms with Gasteiger partial charge < -0.3 is 5.11 Å². The zero-order valence-corrected chi connectivity index (χ0v) is 12.5. The first-order valence-electron chi connectivity index (χ1n) is 7.61. The van der Waals surface area contributed by atoms with Crippen molar-refractivity contribution < 1.29 is 9.90 Å². The second-order valence-electron chi connectivity index (χ2n) is 6.00. The van der Waals surface area contributed by atoms with Crippen LogP contribution < -0.4 is 0 Å². The third-order valence-electron chi connectivity index (χ3n) is 4.62. The monoisotopic (exact) mass is 275 g/mol. The maximum absolute atomic E-state index is 11.7. The summed E-state index contributed by atoms with van der Waals surface area (Å²) in [5, 5.41) is 9.66. The molecule has 0 aromatic heterocycles. The van der Waals surface area contributed by atoms with Crippen molar-refractivity contribution in [2.24, 2.45) is 5.41 Å². The molecule has 3 heteroatoms. The summed E-state index contributed by atoms with van der Waals surface area (Å²) in [4.78, 5) is 14.1. The number of likely N-dealkylation sites (tertiary alicyclic amines) is 1. The van der Waals surface area contributed by atoms with Gasteiger partial charge in [0.1, 0.15) is 0 Å². The number of carboxylic acid groups (broad SMARTS) is 1. The lowest BCUT2D eigenvalue weighted by atomic mass is 9.76. The van der Waals surface area contributed by atoms with Gasteiger partial charge in [0.25, 0.3) is 0 Å². The second-order valence-corrected chi connectivity index (χ2v) is 6.00. The van der Waals surface area contributed by atoms with E-state index in [1.165, 1.54) is 5.56 Å². The summed E-state index contributed by atoms with van der Waals surface area (Å²) in [5.74, 6) is -0.621. The quantitative estimate of drug-likeness (QED) is 0.890. The number of rotatable bonds is 5. The van der Waals surface area contributed by atoms with E-state index in [-0.39, 0.29) is 6.04 Å². The summed E-state index contributed by atoms with van der Waals surface area (Å²) in [7, 11) is 0. The van der Waals surface area contributed by atoms with Crippen molar-refractivity contribution in [3.05, 3.63) is 35.9 Å². The maximum atomic E-state index is 11.7. The smallest absolute Gasteiger partial charge is 0.310 e. The van der Waals surface area contributed by atoms with Crippen molar-refractivity contribution in [1.82, 2.24) is 4.90 Å². The van der Waals surface area contributed by atoms with E-state index < -0.39 is 11.4 Å². The number of carbonyl (C=O) groups is 1. The zero-order chi connectivity index (χ0) is 14.6. The Hall–Kier alpha value is -1.35. The minimum atomic E-state index is -0.621. The van der Waals surface area contributed by atoms with Crippen LogP contribution >= 0.6 is 0 Å². The Bertz CT molecular complexity index is 442. The molecule has 1 aromatic rings. The van der Waals surface area contributed by atoms with Crippen LogP contribution in [-0.4, -0.2) is 29.1 Å². The van der Waals surface area contributed by atoms with Crippen LogP contribution in [0.3, 0.4) is 0 Å². The Morgan fingerprint density at radius 1 is 1.40 bits per heavy atom. The fourth-order valence-electron chi connectivity index (χ4n) is 3.40. The molecule has 20 heavy (non-hydrogen) atoms. The highest BCUT2D eigenvalue weighted by Crippen LogP contribution is 2.38. The van der Waals surface area contributed by atoms with Gasteiger partial charge in [-0.3, -0.25) is 9.69 Å². The first-order valence-corrected chi connectivity index (χ1v) is 7.61. The van der Waals surface area contributed by atoms with Crippen LogP contribution in [-0.2, 0) is 4.79 Å². The van der Waals surface area contributed by atoms with Crippen molar-refractivity contribution in [3.8, 4) is 0 Å². The van der Waals surface area contributed by atoms with Gasteiger partial charge in [-0.2, -0.15) is 0 Å². The van der Waals surface area contributed by atoms with E-state index in [1.54, 1.807) is 0 Å². The van der Waals surface area contributed by atoms with Gasteiger partial charge in [0.05, 0.1) is 5.41 Å². The van der Waals surface area contributed by atoms with Crippen LogP contribution in [0.4, 0.5) is 0 Å². The summed E-state index contributed by atoms with van der Waals surface area (Å²) in [6.45, 7) is 5.92. The fourth-order valence-corrected chi connectivity index (χ4v) is 3.40. The molecular weight excluding hydrogens is 250 g/mol. The first kappa shape index (κ1) is 15.0. The summed E-state index contributed by atoms with van der Waals surface area (Å²) in [6.07, 6.45) is 3.50. The fraction of sp³-hybridized carbons (Fsp3) is 0.588. The maximum Gasteiger partial charge on any atom is 0.310 e. The summed E-state index contributed by atoms with van der Waals surface area (Å²) in [5.41, 5.74) is 0.723. The molecule has 1 fully saturated rings. The van der Waals surface area contributed by atoms with E-state index in [1.807, 2.05) is 18.2 Å². The minimum Gasteiger partial charge on any atom is -0.481 e. The van der Waals surface area contributed by atoms with Gasteiger partial charge in [0.15, 0.2) is 0 Å². The van der Waals surface area contributed by atoms with Gasteiger partial charge >= 0.3 is 5.97 Å². The lowest BCUT2D eigenvalue weighted by Crippen LogP contribution is -2.48. The van der Waals surface area contributed by atoms with Gasteiger partial charge in [0, 0.05) is 12.6 Å². The lowest BCUT2D eigenvalue weighted by molar-refractivity contribution is -0.154. The molecule has 0 aliphatic carbocycles. The van der Waals surface area contributed by atoms with Crippen LogP contribution in [0.25, 0.3) is 0 Å². The van der Waals surface area contributed by atoms with E-state index in [9.17, 15) is 9.90 Å². The third-order valence-corrected chi connectivity index (χ3v) is 4.62. The number of hydrogen-bond donors (Lipinski definition) is 1. The average molecular weight is 275 g/mol. The molecule has 1 aromatic carbocycles. The van der Waals surface area contributed by atoms with Crippen LogP contribution in [0.5, 0.6) is 0 Å². The molecule has 0 radical (unpaired) electrons. The molecule has 110 valence electrons. The largest absolute Gasteiger partial charge is 0.481 e. The minimum absolute atomic E-state index is 0.284. The highest BCUT2D eigenvalue weighted by atomic mass is 16.4. The zero-order valence-electron chi connectivity index (χ0n) is 12.5. The Balaban J connectivity index is 2.15. The third kappa shape index (κ3) is 3.04. The molecule has 2 unspecified atom stereocenters. The van der Waals surface area contributed by atoms with Crippen molar-refractivity contribution in [2.45, 2.75) is 45.6 Å². The van der Waals surface area contributed by atoms with Crippen LogP contribution in [0.15, 0.2) is 30.3 Å². The van der Waals surface area contributed by atoms with Crippen LogP contribution in [0, 0.1) is 5.41 Å². The predicted octanol–water partition coefficient (Wildman–Crippen LogP) is 3.71. The normalized spacial score (nSPS) is 25.3. The number of hydrogen-bond acceptors (Lipinski definition) is 2. The SMILES string of the molecule is CCCC1(C(=O)O)CCCN(C(C)c2ccccc2)C1. The molecule has 0 amide bonds. The summed E-state index contributed by atoms with van der Waals surface area (Å²) < 4.78 is 0. The molecule has 1 aliphatic rings. The Labute approximate surface area is 121 Å². The molecule has 1 aliphatic heterocycles. The lowest BCUT2D eigenvalue weighted by Gasteiger charge is -2.42. The Morgan fingerprint density at radius 3 is 2.70 bits per heavy atom. The first-order chi connectivity index (χ1) is 9.59. The van der Waals surface area contributed by atoms with Gasteiger partial charge in [-0.05, 0) is 38.3 Å². The molecule has 3 nitrogen and oxygen atoms in total. The molecule has 2 atom stereocenters. The van der Waals surface area contributed by atoms with E-state index in [2.05, 4.69) is 30.9 Å². The Morgan fingerprint density at radius 2 is 2.10 bits per heavy atom. The number of nitrogens with zero attached hydrogens (tertiary/aromatic N) is 1. The molecule has 1 saturated heterocycles. The molecule has 0 spiro atoms. The highest BCUT2D eigenvalue weighted by molar-refractivity contribution is 5.75. The van der Waals surface area contributed by atoms with Gasteiger partial charge in [-0.15, -0.1) is 0 Å². The number of piperidine rings is 1. The Kier molecular flexibility index (Phi) is 4.81. The van der Waals surface area contributed by atoms with E-state index in [0.29, 0.717) is 6.54 Å². The summed E-state index contributed by atoms with van der Waals surface area (Å²) in [6, 6.07) is 10.7. The summed E-state index contributed by atoms with van der Waals surface area (Å²) >= 11 is 0. The van der Waals surface area contributed by atoms with Crippen molar-refractivity contribution in [2.75, 3.05) is 13.1 Å². The van der Waals surface area contributed by atoms with Gasteiger partial charge in [-0.1, -0.05) is 43.7 Å². The van der Waals surface area contributed by atoms with Crippen molar-refractivity contribution in [3.63, 3.8) is 0 Å². The molecule has 0 bridgehead atoms. The van der Waals surface area contributed by atoms with Gasteiger partial charge in [-0.25, -0.2) is 0 Å². The van der Waals surface area contributed by atoms with Crippen LogP contribution in [0.1, 0.15) is 51.1 Å². The second kappa shape index (κ2) is 6.40. The molecule has 1 N–H and O–H groups in total. The topological polar surface area (TPSA) is 40.5 Å². The number of carboxylic acids is 1. The van der Waals surface area contributed by atoms with E-state index in [4.69, 9.17) is 0 Å². The molecule has 2 rings (SSSR count). The molecule has 0 saturated carbocycles. The molecule has 1 heterocycles. The van der Waals surface area contributed by atoms with Gasteiger partial charge in [0.2, 0.25) is 0 Å². The number of benzene rings is 1. The van der Waals surface area contributed by atoms with Crippen LogP contribution in [0.2, 0.25) is 0 Å². The standard InChI is InChI=1S/C17H25NO2/c1-3-10-17(16(19)20)11-7-12-18(13-17)14(2)15-8-5-4-6-9-15/h4-6,8-9,14H,3,7,10-13H2,1-2H3,(H,19,20). The van der Waals surface area contributed by atoms with Crippen molar-refractivity contribution >= 4 is 5.97 Å². The predicted molar refractivity (Wildman–Crippen MR) is 80.6 cm³/mol. The van der Waals surface area contributed by atoms with Crippen molar-refractivity contribution in [1.29, 1.82) is 0 Å². The molecular formula is C17H25NO2. The highest BCUT2D eigenvalue weighted by Gasteiger charge is 2.42. The number of aliphatic carboxylic acids is 1.